The summed E-state index contributed by atoms with van der Waals surface area (Å²) in [5, 5.41) is 15.1. The maximum absolute atomic E-state index is 13.4. The Bertz CT molecular complexity index is 694. The van der Waals surface area contributed by atoms with Crippen molar-refractivity contribution in [3.63, 3.8) is 0 Å². The second kappa shape index (κ2) is 5.12. The Morgan fingerprint density at radius 2 is 2.10 bits per heavy atom. The van der Waals surface area contributed by atoms with Gasteiger partial charge in [-0.1, -0.05) is 6.07 Å². The summed E-state index contributed by atoms with van der Waals surface area (Å²) < 4.78 is 14.6. The Labute approximate surface area is 113 Å². The Hall–Kier alpha value is -2.70. The average Bonchev–Trinajstić information content (AvgIpc) is 2.76. The van der Waals surface area contributed by atoms with Gasteiger partial charge in [-0.25, -0.2) is 9.18 Å². The predicted octanol–water partition coefficient (Wildman–Crippen LogP) is 1.82. The number of hydrogen-bond acceptors (Lipinski definition) is 3. The summed E-state index contributed by atoms with van der Waals surface area (Å²) in [5.41, 5.74) is 0.271. The van der Waals surface area contributed by atoms with Gasteiger partial charge in [-0.2, -0.15) is 5.10 Å². The lowest BCUT2D eigenvalue weighted by atomic mass is 10.2. The summed E-state index contributed by atoms with van der Waals surface area (Å²) in [6, 6.07) is 4.23. The van der Waals surface area contributed by atoms with E-state index < -0.39 is 17.7 Å². The molecule has 1 heterocycles. The highest BCUT2D eigenvalue weighted by atomic mass is 19.1. The summed E-state index contributed by atoms with van der Waals surface area (Å²) in [4.78, 5) is 23.0. The molecule has 2 rings (SSSR count). The average molecular weight is 277 g/mol. The van der Waals surface area contributed by atoms with Crippen LogP contribution in [-0.2, 0) is 7.05 Å². The number of carboxylic acid groups (broad SMARTS) is 1. The minimum atomic E-state index is -1.30. The number of anilines is 1. The van der Waals surface area contributed by atoms with Gasteiger partial charge in [0.25, 0.3) is 5.91 Å². The molecule has 2 N–H and O–H groups in total. The van der Waals surface area contributed by atoms with E-state index in [4.69, 9.17) is 5.11 Å². The van der Waals surface area contributed by atoms with Crippen LogP contribution in [0.1, 0.15) is 26.4 Å². The van der Waals surface area contributed by atoms with Gasteiger partial charge >= 0.3 is 5.97 Å². The molecule has 0 bridgehead atoms. The first kappa shape index (κ1) is 13.7. The number of aromatic nitrogens is 2. The van der Waals surface area contributed by atoms with Crippen molar-refractivity contribution in [2.45, 2.75) is 6.92 Å². The normalized spacial score (nSPS) is 10.3. The second-order valence-corrected chi connectivity index (χ2v) is 4.29. The van der Waals surface area contributed by atoms with E-state index in [1.807, 2.05) is 0 Å². The van der Waals surface area contributed by atoms with Crippen LogP contribution < -0.4 is 5.32 Å². The number of carboxylic acids is 1. The van der Waals surface area contributed by atoms with E-state index in [2.05, 4.69) is 10.4 Å². The fourth-order valence-corrected chi connectivity index (χ4v) is 1.68. The molecule has 20 heavy (non-hydrogen) atoms. The lowest BCUT2D eigenvalue weighted by molar-refractivity contribution is 0.0685. The number of carbonyl (C=O) groups excluding carboxylic acids is 1. The van der Waals surface area contributed by atoms with Crippen LogP contribution >= 0.6 is 0 Å². The van der Waals surface area contributed by atoms with Crippen LogP contribution in [0.15, 0.2) is 24.4 Å². The number of nitrogens with zero attached hydrogens (tertiary/aromatic N) is 2. The van der Waals surface area contributed by atoms with E-state index >= 15 is 0 Å². The minimum absolute atomic E-state index is 0.0824. The lowest BCUT2D eigenvalue weighted by Crippen LogP contribution is -2.15. The van der Waals surface area contributed by atoms with Gasteiger partial charge in [0.1, 0.15) is 5.82 Å². The zero-order valence-corrected chi connectivity index (χ0v) is 10.8. The Balaban J connectivity index is 2.28. The van der Waals surface area contributed by atoms with Gasteiger partial charge in [0.15, 0.2) is 5.69 Å². The number of carbonyl (C=O) groups is 2. The molecule has 0 saturated carbocycles. The molecule has 2 aromatic rings. The van der Waals surface area contributed by atoms with Crippen LogP contribution in [0.5, 0.6) is 0 Å². The third-order valence-electron chi connectivity index (χ3n) is 2.71. The topological polar surface area (TPSA) is 84.2 Å². The lowest BCUT2D eigenvalue weighted by Gasteiger charge is -2.05. The van der Waals surface area contributed by atoms with Gasteiger partial charge in [-0.3, -0.25) is 9.48 Å². The van der Waals surface area contributed by atoms with Crippen LogP contribution in [-0.4, -0.2) is 26.8 Å². The van der Waals surface area contributed by atoms with Crippen molar-refractivity contribution >= 4 is 17.6 Å². The van der Waals surface area contributed by atoms with Crippen molar-refractivity contribution in [2.75, 3.05) is 5.32 Å². The molecule has 7 heteroatoms. The van der Waals surface area contributed by atoms with E-state index in [0.29, 0.717) is 5.56 Å². The summed E-state index contributed by atoms with van der Waals surface area (Å²) in [5.74, 6) is -2.41. The number of halogens is 1. The third kappa shape index (κ3) is 2.66. The first-order valence-electron chi connectivity index (χ1n) is 5.73. The number of aromatic carboxylic acids is 1. The standard InChI is InChI=1S/C13H12FN3O3/c1-7-3-4-8(5-10(7)14)15-12(18)9-6-17(2)16-11(9)13(19)20/h3-6H,1-2H3,(H,15,18)(H,19,20). The molecule has 0 aliphatic carbocycles. The predicted molar refractivity (Wildman–Crippen MR) is 69.3 cm³/mol. The maximum Gasteiger partial charge on any atom is 0.357 e. The Morgan fingerprint density at radius 3 is 2.70 bits per heavy atom. The monoisotopic (exact) mass is 277 g/mol. The van der Waals surface area contributed by atoms with Gasteiger partial charge in [-0.05, 0) is 24.6 Å². The van der Waals surface area contributed by atoms with Gasteiger partial charge < -0.3 is 10.4 Å². The molecule has 0 aliphatic heterocycles. The third-order valence-corrected chi connectivity index (χ3v) is 2.71. The van der Waals surface area contributed by atoms with Crippen molar-refractivity contribution in [2.24, 2.45) is 7.05 Å². The SMILES string of the molecule is Cc1ccc(NC(=O)c2cn(C)nc2C(=O)O)cc1F. The quantitative estimate of drug-likeness (QED) is 0.896. The van der Waals surface area contributed by atoms with E-state index in [1.165, 1.54) is 36.1 Å². The molecule has 6 nitrogen and oxygen atoms in total. The molecule has 104 valence electrons. The van der Waals surface area contributed by atoms with Crippen LogP contribution in [0.25, 0.3) is 0 Å². The molecule has 0 unspecified atom stereocenters. The number of nitrogens with one attached hydrogen (secondary N) is 1. The summed E-state index contributed by atoms with van der Waals surface area (Å²) in [7, 11) is 1.51. The van der Waals surface area contributed by atoms with Gasteiger partial charge in [0.2, 0.25) is 0 Å². The van der Waals surface area contributed by atoms with E-state index in [9.17, 15) is 14.0 Å². The largest absolute Gasteiger partial charge is 0.476 e. The molecular weight excluding hydrogens is 265 g/mol. The zero-order chi connectivity index (χ0) is 14.9. The molecule has 0 radical (unpaired) electrons. The molecule has 1 amide bonds. The molecule has 0 spiro atoms. The number of rotatable bonds is 3. The molecule has 0 saturated heterocycles. The Kier molecular flexibility index (Phi) is 3.51. The van der Waals surface area contributed by atoms with Crippen LogP contribution in [0.3, 0.4) is 0 Å². The van der Waals surface area contributed by atoms with Crippen LogP contribution in [0.2, 0.25) is 0 Å². The highest BCUT2D eigenvalue weighted by Gasteiger charge is 2.21. The van der Waals surface area contributed by atoms with Crippen LogP contribution in [0.4, 0.5) is 10.1 Å². The van der Waals surface area contributed by atoms with Crippen molar-refractivity contribution < 1.29 is 19.1 Å². The molecule has 0 atom stereocenters. The van der Waals surface area contributed by atoms with Crippen molar-refractivity contribution in [3.05, 3.63) is 47.0 Å². The van der Waals surface area contributed by atoms with Gasteiger partial charge in [0.05, 0.1) is 5.56 Å². The summed E-state index contributed by atoms with van der Waals surface area (Å²) in [6.45, 7) is 1.60. The smallest absolute Gasteiger partial charge is 0.357 e. The first-order chi connectivity index (χ1) is 9.38. The number of benzene rings is 1. The Morgan fingerprint density at radius 1 is 1.40 bits per heavy atom. The molecule has 0 fully saturated rings. The van der Waals surface area contributed by atoms with Crippen LogP contribution in [0, 0.1) is 12.7 Å². The highest BCUT2D eigenvalue weighted by Crippen LogP contribution is 2.15. The minimum Gasteiger partial charge on any atom is -0.476 e. The number of amides is 1. The van der Waals surface area contributed by atoms with E-state index in [0.717, 1.165) is 0 Å². The van der Waals surface area contributed by atoms with E-state index in [1.54, 1.807) is 6.92 Å². The first-order valence-corrected chi connectivity index (χ1v) is 5.73. The molecular formula is C13H12FN3O3. The maximum atomic E-state index is 13.4. The zero-order valence-electron chi connectivity index (χ0n) is 10.8. The fourth-order valence-electron chi connectivity index (χ4n) is 1.68. The molecule has 1 aromatic carbocycles. The van der Waals surface area contributed by atoms with Gasteiger partial charge in [0, 0.05) is 18.9 Å². The van der Waals surface area contributed by atoms with E-state index in [-0.39, 0.29) is 16.9 Å². The second-order valence-electron chi connectivity index (χ2n) is 4.29. The van der Waals surface area contributed by atoms with Gasteiger partial charge in [-0.15, -0.1) is 0 Å². The highest BCUT2D eigenvalue weighted by molar-refractivity contribution is 6.09. The summed E-state index contributed by atoms with van der Waals surface area (Å²) in [6.07, 6.45) is 1.29. The summed E-state index contributed by atoms with van der Waals surface area (Å²) >= 11 is 0. The van der Waals surface area contributed by atoms with Crippen molar-refractivity contribution in [1.29, 1.82) is 0 Å². The number of hydrogen-bond donors (Lipinski definition) is 2. The van der Waals surface area contributed by atoms with Crippen molar-refractivity contribution in [1.82, 2.24) is 9.78 Å². The van der Waals surface area contributed by atoms with Crippen molar-refractivity contribution in [3.8, 4) is 0 Å². The fraction of sp³-hybridized carbons (Fsp3) is 0.154. The molecule has 0 aliphatic rings. The molecule has 1 aromatic heterocycles. The number of aryl methyl sites for hydroxylation is 2.